The largest absolute Gasteiger partial charge is 0.285 e. The molecular weight excluding hydrogens is 306 g/mol. The molecule has 0 unspecified atom stereocenters. The smallest absolute Gasteiger partial charge is 0.254 e. The Morgan fingerprint density at radius 1 is 1.30 bits per heavy atom. The van der Waals surface area contributed by atoms with Gasteiger partial charge >= 0.3 is 0 Å². The first kappa shape index (κ1) is 15.8. The van der Waals surface area contributed by atoms with Crippen LogP contribution in [0, 0.1) is 18.3 Å². The van der Waals surface area contributed by atoms with Gasteiger partial charge in [0.15, 0.2) is 5.16 Å². The number of benzene rings is 1. The molecule has 0 radical (unpaired) electrons. The molecule has 1 saturated carbocycles. The topological polar surface area (TPSA) is 58.7 Å². The molecule has 3 rings (SSSR count). The second-order valence-electron chi connectivity index (χ2n) is 5.92. The number of hydrogen-bond acceptors (Lipinski definition) is 4. The first-order chi connectivity index (χ1) is 11.2. The van der Waals surface area contributed by atoms with E-state index < -0.39 is 0 Å². The van der Waals surface area contributed by atoms with Crippen molar-refractivity contribution in [2.45, 2.75) is 49.6 Å². The summed E-state index contributed by atoms with van der Waals surface area (Å²) >= 11 is 1.60. The monoisotopic (exact) mass is 325 g/mol. The van der Waals surface area contributed by atoms with Crippen molar-refractivity contribution >= 4 is 11.8 Å². The van der Waals surface area contributed by atoms with E-state index in [4.69, 9.17) is 5.26 Å². The summed E-state index contributed by atoms with van der Waals surface area (Å²) in [6, 6.07) is 11.6. The van der Waals surface area contributed by atoms with Crippen molar-refractivity contribution in [2.75, 3.05) is 0 Å². The van der Waals surface area contributed by atoms with Crippen molar-refractivity contribution in [3.05, 3.63) is 57.5 Å². The number of aryl methyl sites for hydroxylation is 1. The van der Waals surface area contributed by atoms with E-state index in [1.165, 1.54) is 12.8 Å². The van der Waals surface area contributed by atoms with Crippen molar-refractivity contribution in [1.82, 2.24) is 9.55 Å². The van der Waals surface area contributed by atoms with Gasteiger partial charge in [0.05, 0.1) is 11.6 Å². The molecule has 1 fully saturated rings. The third kappa shape index (κ3) is 3.65. The molecule has 0 N–H and O–H groups in total. The molecule has 4 nitrogen and oxygen atoms in total. The quantitative estimate of drug-likeness (QED) is 0.633. The number of nitrogens with zero attached hydrogens (tertiary/aromatic N) is 3. The lowest BCUT2D eigenvalue weighted by atomic mass is 10.2. The zero-order valence-corrected chi connectivity index (χ0v) is 14.0. The van der Waals surface area contributed by atoms with Crippen LogP contribution in [-0.2, 0) is 5.75 Å². The Morgan fingerprint density at radius 2 is 2.00 bits per heavy atom. The van der Waals surface area contributed by atoms with Gasteiger partial charge < -0.3 is 0 Å². The summed E-state index contributed by atoms with van der Waals surface area (Å²) < 4.78 is 1.88. The second kappa shape index (κ2) is 7.01. The van der Waals surface area contributed by atoms with Gasteiger partial charge in [-0.3, -0.25) is 9.36 Å². The zero-order valence-electron chi connectivity index (χ0n) is 13.2. The third-order valence-corrected chi connectivity index (χ3v) is 5.21. The SMILES string of the molecule is Cc1cc(=O)n(C2CCCC2)c(SCc2ccc(C#N)cc2)n1. The number of thioether (sulfide) groups is 1. The maximum atomic E-state index is 12.4. The zero-order chi connectivity index (χ0) is 16.2. The summed E-state index contributed by atoms with van der Waals surface area (Å²) in [6.45, 7) is 1.87. The molecule has 1 aliphatic carbocycles. The van der Waals surface area contributed by atoms with Crippen LogP contribution in [0.25, 0.3) is 0 Å². The highest BCUT2D eigenvalue weighted by atomic mass is 32.2. The average Bonchev–Trinajstić information content (AvgIpc) is 3.06. The van der Waals surface area contributed by atoms with E-state index in [1.54, 1.807) is 17.8 Å². The standard InChI is InChI=1S/C18H19N3OS/c1-13-10-17(22)21(16-4-2-3-5-16)18(20-13)23-12-15-8-6-14(11-19)7-9-15/h6-10,16H,2-5,12H2,1H3. The summed E-state index contributed by atoms with van der Waals surface area (Å²) in [5.41, 5.74) is 2.62. The summed E-state index contributed by atoms with van der Waals surface area (Å²) in [7, 11) is 0. The third-order valence-electron chi connectivity index (χ3n) is 4.19. The molecule has 1 aliphatic rings. The minimum atomic E-state index is 0.0618. The van der Waals surface area contributed by atoms with Gasteiger partial charge in [-0.2, -0.15) is 5.26 Å². The van der Waals surface area contributed by atoms with Gasteiger partial charge in [-0.1, -0.05) is 36.7 Å². The van der Waals surface area contributed by atoms with Crippen molar-refractivity contribution in [1.29, 1.82) is 5.26 Å². The fraction of sp³-hybridized carbons (Fsp3) is 0.389. The Morgan fingerprint density at radius 3 is 2.65 bits per heavy atom. The average molecular weight is 325 g/mol. The number of aromatic nitrogens is 2. The van der Waals surface area contributed by atoms with E-state index in [1.807, 2.05) is 35.8 Å². The molecule has 2 aromatic rings. The molecule has 0 bridgehead atoms. The number of rotatable bonds is 4. The molecular formula is C18H19N3OS. The lowest BCUT2D eigenvalue weighted by Crippen LogP contribution is -2.26. The molecule has 0 aliphatic heterocycles. The Labute approximate surface area is 140 Å². The Hall–Kier alpha value is -2.06. The molecule has 0 spiro atoms. The molecule has 1 aromatic carbocycles. The van der Waals surface area contributed by atoms with E-state index in [0.717, 1.165) is 35.0 Å². The van der Waals surface area contributed by atoms with E-state index in [-0.39, 0.29) is 5.56 Å². The maximum Gasteiger partial charge on any atom is 0.254 e. The van der Waals surface area contributed by atoms with Gasteiger partial charge in [0.2, 0.25) is 0 Å². The first-order valence-electron chi connectivity index (χ1n) is 7.89. The van der Waals surface area contributed by atoms with Gasteiger partial charge in [-0.15, -0.1) is 0 Å². The van der Waals surface area contributed by atoms with E-state index in [9.17, 15) is 4.79 Å². The molecule has 1 aromatic heterocycles. The Balaban J connectivity index is 1.83. The molecule has 0 saturated heterocycles. The highest BCUT2D eigenvalue weighted by Crippen LogP contribution is 2.32. The minimum Gasteiger partial charge on any atom is -0.285 e. The Bertz CT molecular complexity index is 783. The van der Waals surface area contributed by atoms with Crippen molar-refractivity contribution in [3.8, 4) is 6.07 Å². The minimum absolute atomic E-state index is 0.0618. The normalized spacial score (nSPS) is 14.8. The van der Waals surface area contributed by atoms with Crippen molar-refractivity contribution in [3.63, 3.8) is 0 Å². The van der Waals surface area contributed by atoms with Gasteiger partial charge in [-0.25, -0.2) is 4.98 Å². The first-order valence-corrected chi connectivity index (χ1v) is 8.88. The lowest BCUT2D eigenvalue weighted by Gasteiger charge is -2.18. The van der Waals surface area contributed by atoms with Crippen molar-refractivity contribution < 1.29 is 0 Å². The maximum absolute atomic E-state index is 12.4. The summed E-state index contributed by atoms with van der Waals surface area (Å²) in [6.07, 6.45) is 4.50. The summed E-state index contributed by atoms with van der Waals surface area (Å²) in [5, 5.41) is 9.66. The highest BCUT2D eigenvalue weighted by Gasteiger charge is 2.21. The van der Waals surface area contributed by atoms with E-state index >= 15 is 0 Å². The van der Waals surface area contributed by atoms with Gasteiger partial charge in [0.25, 0.3) is 5.56 Å². The summed E-state index contributed by atoms with van der Waals surface area (Å²) in [5.74, 6) is 0.744. The van der Waals surface area contributed by atoms with Gasteiger partial charge in [-0.05, 0) is 37.5 Å². The number of nitriles is 1. The molecule has 1 heterocycles. The van der Waals surface area contributed by atoms with Crippen LogP contribution in [0.3, 0.4) is 0 Å². The molecule has 118 valence electrons. The molecule has 0 amide bonds. The molecule has 23 heavy (non-hydrogen) atoms. The van der Waals surface area contributed by atoms with Crippen LogP contribution in [-0.4, -0.2) is 9.55 Å². The fourth-order valence-electron chi connectivity index (χ4n) is 3.00. The van der Waals surface area contributed by atoms with Crippen LogP contribution in [0.4, 0.5) is 0 Å². The summed E-state index contributed by atoms with van der Waals surface area (Å²) in [4.78, 5) is 17.0. The van der Waals surface area contributed by atoms with Crippen LogP contribution in [0.1, 0.15) is 48.5 Å². The number of hydrogen-bond donors (Lipinski definition) is 0. The Kier molecular flexibility index (Phi) is 4.82. The molecule has 5 heteroatoms. The van der Waals surface area contributed by atoms with Crippen molar-refractivity contribution in [2.24, 2.45) is 0 Å². The highest BCUT2D eigenvalue weighted by molar-refractivity contribution is 7.98. The predicted octanol–water partition coefficient (Wildman–Crippen LogP) is 3.83. The van der Waals surface area contributed by atoms with Crippen LogP contribution in [0.5, 0.6) is 0 Å². The molecule has 0 atom stereocenters. The van der Waals surface area contributed by atoms with E-state index in [2.05, 4.69) is 11.1 Å². The lowest BCUT2D eigenvalue weighted by molar-refractivity contribution is 0.450. The van der Waals surface area contributed by atoms with E-state index in [0.29, 0.717) is 11.6 Å². The van der Waals surface area contributed by atoms with Crippen LogP contribution in [0.2, 0.25) is 0 Å². The second-order valence-corrected chi connectivity index (χ2v) is 6.87. The van der Waals surface area contributed by atoms with Gasteiger partial charge in [0, 0.05) is 23.6 Å². The van der Waals surface area contributed by atoms with Gasteiger partial charge in [0.1, 0.15) is 0 Å². The van der Waals surface area contributed by atoms with Crippen LogP contribution < -0.4 is 5.56 Å². The fourth-order valence-corrected chi connectivity index (χ4v) is 4.08. The predicted molar refractivity (Wildman–Crippen MR) is 91.5 cm³/mol. The van der Waals surface area contributed by atoms with Crippen LogP contribution in [0.15, 0.2) is 40.3 Å². The van der Waals surface area contributed by atoms with Crippen LogP contribution >= 0.6 is 11.8 Å².